The van der Waals surface area contributed by atoms with E-state index in [4.69, 9.17) is 0 Å². The summed E-state index contributed by atoms with van der Waals surface area (Å²) in [5, 5.41) is 7.48. The van der Waals surface area contributed by atoms with Crippen LogP contribution in [0, 0.1) is 5.82 Å². The standard InChI is InChI=1S/C17H20F3N5O/c1-3-25-15(17(2,19)20)21-22-16(25)24-8-7-23(14(26)11-24)10-12-5-4-6-13(18)9-12/h4-6,9H,3,7-8,10-11H2,1-2H3. The first-order chi connectivity index (χ1) is 12.3. The van der Waals surface area contributed by atoms with Crippen LogP contribution in [-0.4, -0.2) is 45.2 Å². The summed E-state index contributed by atoms with van der Waals surface area (Å²) in [6.07, 6.45) is 0. The Balaban J connectivity index is 1.73. The van der Waals surface area contributed by atoms with Crippen LogP contribution in [0.15, 0.2) is 24.3 Å². The number of carbonyl (C=O) groups is 1. The molecule has 0 bridgehead atoms. The summed E-state index contributed by atoms with van der Waals surface area (Å²) in [6.45, 7) is 3.93. The zero-order chi connectivity index (χ0) is 18.9. The van der Waals surface area contributed by atoms with Gasteiger partial charge in [0.15, 0.2) is 0 Å². The monoisotopic (exact) mass is 367 g/mol. The Morgan fingerprint density at radius 3 is 2.62 bits per heavy atom. The zero-order valence-electron chi connectivity index (χ0n) is 14.6. The van der Waals surface area contributed by atoms with E-state index in [0.717, 1.165) is 6.92 Å². The van der Waals surface area contributed by atoms with Gasteiger partial charge >= 0.3 is 5.92 Å². The molecule has 6 nitrogen and oxygen atoms in total. The van der Waals surface area contributed by atoms with Gasteiger partial charge in [0.05, 0.1) is 6.54 Å². The third kappa shape index (κ3) is 3.66. The maximum atomic E-state index is 13.6. The van der Waals surface area contributed by atoms with Crippen LogP contribution in [0.25, 0.3) is 0 Å². The van der Waals surface area contributed by atoms with Crippen molar-refractivity contribution in [3.8, 4) is 0 Å². The molecule has 1 aliphatic heterocycles. The van der Waals surface area contributed by atoms with Gasteiger partial charge in [0.2, 0.25) is 17.7 Å². The number of amides is 1. The fraction of sp³-hybridized carbons (Fsp3) is 0.471. The number of benzene rings is 1. The minimum Gasteiger partial charge on any atom is -0.335 e. The maximum Gasteiger partial charge on any atom is 0.304 e. The van der Waals surface area contributed by atoms with E-state index in [1.54, 1.807) is 28.9 Å². The predicted octanol–water partition coefficient (Wildman–Crippen LogP) is 2.40. The third-order valence-electron chi connectivity index (χ3n) is 4.30. The minimum atomic E-state index is -3.11. The van der Waals surface area contributed by atoms with Gasteiger partial charge in [-0.25, -0.2) is 4.39 Å². The van der Waals surface area contributed by atoms with Crippen LogP contribution in [0.3, 0.4) is 0 Å². The van der Waals surface area contributed by atoms with Gasteiger partial charge in [-0.3, -0.25) is 9.36 Å². The Morgan fingerprint density at radius 2 is 2.00 bits per heavy atom. The fourth-order valence-corrected chi connectivity index (χ4v) is 3.05. The molecule has 1 aromatic carbocycles. The topological polar surface area (TPSA) is 54.3 Å². The smallest absolute Gasteiger partial charge is 0.304 e. The van der Waals surface area contributed by atoms with Crippen LogP contribution in [0.4, 0.5) is 19.1 Å². The molecule has 0 N–H and O–H groups in total. The molecule has 0 atom stereocenters. The van der Waals surface area contributed by atoms with Crippen LogP contribution in [0.1, 0.15) is 25.2 Å². The lowest BCUT2D eigenvalue weighted by molar-refractivity contribution is -0.131. The highest BCUT2D eigenvalue weighted by molar-refractivity contribution is 5.82. The van der Waals surface area contributed by atoms with E-state index < -0.39 is 11.7 Å². The minimum absolute atomic E-state index is 0.0166. The SMILES string of the molecule is CCn1c(N2CCN(Cc3cccc(F)c3)C(=O)C2)nnc1C(C)(F)F. The maximum absolute atomic E-state index is 13.6. The van der Waals surface area contributed by atoms with E-state index in [1.807, 2.05) is 0 Å². The predicted molar refractivity (Wildman–Crippen MR) is 89.3 cm³/mol. The summed E-state index contributed by atoms with van der Waals surface area (Å²) in [5.74, 6) is -3.77. The van der Waals surface area contributed by atoms with Gasteiger partial charge in [0, 0.05) is 33.1 Å². The van der Waals surface area contributed by atoms with Crippen molar-refractivity contribution in [2.75, 3.05) is 24.5 Å². The third-order valence-corrected chi connectivity index (χ3v) is 4.30. The van der Waals surface area contributed by atoms with Crippen LogP contribution >= 0.6 is 0 Å². The lowest BCUT2D eigenvalue weighted by Crippen LogP contribution is -2.50. The second-order valence-corrected chi connectivity index (χ2v) is 6.32. The quantitative estimate of drug-likeness (QED) is 0.814. The molecule has 1 aromatic heterocycles. The van der Waals surface area contributed by atoms with Crippen LogP contribution < -0.4 is 4.90 Å². The molecule has 2 heterocycles. The van der Waals surface area contributed by atoms with Crippen molar-refractivity contribution < 1.29 is 18.0 Å². The number of hydrogen-bond acceptors (Lipinski definition) is 4. The average Bonchev–Trinajstić information content (AvgIpc) is 3.01. The first-order valence-corrected chi connectivity index (χ1v) is 8.38. The van der Waals surface area contributed by atoms with Crippen molar-refractivity contribution in [3.05, 3.63) is 41.5 Å². The summed E-state index contributed by atoms with van der Waals surface area (Å²) in [4.78, 5) is 15.7. The summed E-state index contributed by atoms with van der Waals surface area (Å²) in [6, 6.07) is 6.10. The molecule has 0 aliphatic carbocycles. The van der Waals surface area contributed by atoms with E-state index in [-0.39, 0.29) is 30.8 Å². The van der Waals surface area contributed by atoms with Gasteiger partial charge in [-0.2, -0.15) is 8.78 Å². The molecular formula is C17H20F3N5O. The molecule has 26 heavy (non-hydrogen) atoms. The molecular weight excluding hydrogens is 347 g/mol. The number of halogens is 3. The summed E-state index contributed by atoms with van der Waals surface area (Å²) in [5.41, 5.74) is 0.705. The van der Waals surface area contributed by atoms with Gasteiger partial charge < -0.3 is 9.80 Å². The fourth-order valence-electron chi connectivity index (χ4n) is 3.05. The Kier molecular flexibility index (Phi) is 4.88. The van der Waals surface area contributed by atoms with Gasteiger partial charge in [0.1, 0.15) is 5.82 Å². The molecule has 1 fully saturated rings. The summed E-state index contributed by atoms with van der Waals surface area (Å²) < 4.78 is 41.9. The van der Waals surface area contributed by atoms with Crippen molar-refractivity contribution >= 4 is 11.9 Å². The Morgan fingerprint density at radius 1 is 1.23 bits per heavy atom. The van der Waals surface area contributed by atoms with Gasteiger partial charge in [-0.1, -0.05) is 12.1 Å². The Labute approximate surface area is 149 Å². The lowest BCUT2D eigenvalue weighted by Gasteiger charge is -2.35. The molecule has 1 amide bonds. The highest BCUT2D eigenvalue weighted by atomic mass is 19.3. The van der Waals surface area contributed by atoms with E-state index in [1.165, 1.54) is 16.7 Å². The highest BCUT2D eigenvalue weighted by Crippen LogP contribution is 2.28. The lowest BCUT2D eigenvalue weighted by atomic mass is 10.2. The van der Waals surface area contributed by atoms with E-state index >= 15 is 0 Å². The second-order valence-electron chi connectivity index (χ2n) is 6.32. The van der Waals surface area contributed by atoms with Crippen molar-refractivity contribution in [2.24, 2.45) is 0 Å². The van der Waals surface area contributed by atoms with E-state index in [9.17, 15) is 18.0 Å². The number of rotatable bonds is 5. The van der Waals surface area contributed by atoms with Gasteiger partial charge in [-0.05, 0) is 24.6 Å². The Hall–Kier alpha value is -2.58. The first kappa shape index (κ1) is 18.2. The Bertz CT molecular complexity index is 802. The molecule has 1 aliphatic rings. The normalized spacial score (nSPS) is 15.7. The van der Waals surface area contributed by atoms with Crippen molar-refractivity contribution in [2.45, 2.75) is 32.9 Å². The number of alkyl halides is 2. The van der Waals surface area contributed by atoms with Crippen molar-refractivity contribution in [1.29, 1.82) is 0 Å². The molecule has 0 spiro atoms. The average molecular weight is 367 g/mol. The number of piperazine rings is 1. The van der Waals surface area contributed by atoms with Crippen molar-refractivity contribution in [3.63, 3.8) is 0 Å². The van der Waals surface area contributed by atoms with Gasteiger partial charge in [-0.15, -0.1) is 10.2 Å². The van der Waals surface area contributed by atoms with E-state index in [0.29, 0.717) is 25.2 Å². The number of hydrogen-bond donors (Lipinski definition) is 0. The summed E-state index contributed by atoms with van der Waals surface area (Å²) in [7, 11) is 0. The second kappa shape index (κ2) is 6.97. The van der Waals surface area contributed by atoms with Crippen molar-refractivity contribution in [1.82, 2.24) is 19.7 Å². The summed E-state index contributed by atoms with van der Waals surface area (Å²) >= 11 is 0. The molecule has 2 aromatic rings. The number of aromatic nitrogens is 3. The number of carbonyl (C=O) groups excluding carboxylic acids is 1. The molecule has 0 unspecified atom stereocenters. The zero-order valence-corrected chi connectivity index (χ0v) is 14.6. The number of nitrogens with zero attached hydrogens (tertiary/aromatic N) is 5. The first-order valence-electron chi connectivity index (χ1n) is 8.38. The molecule has 3 rings (SSSR count). The number of anilines is 1. The van der Waals surface area contributed by atoms with Crippen LogP contribution in [0.2, 0.25) is 0 Å². The molecule has 1 saturated heterocycles. The van der Waals surface area contributed by atoms with Gasteiger partial charge in [0.25, 0.3) is 0 Å². The molecule has 0 radical (unpaired) electrons. The molecule has 0 saturated carbocycles. The van der Waals surface area contributed by atoms with Crippen LogP contribution in [-0.2, 0) is 23.8 Å². The molecule has 140 valence electrons. The molecule has 9 heteroatoms. The van der Waals surface area contributed by atoms with Crippen LogP contribution in [0.5, 0.6) is 0 Å². The highest BCUT2D eigenvalue weighted by Gasteiger charge is 2.35. The largest absolute Gasteiger partial charge is 0.335 e. The van der Waals surface area contributed by atoms with E-state index in [2.05, 4.69) is 10.2 Å².